The molecule has 3 rings (SSSR count). The Kier molecular flexibility index (Phi) is 4.35. The number of rotatable bonds is 3. The predicted octanol–water partition coefficient (Wildman–Crippen LogP) is 3.83. The molecule has 0 aliphatic carbocycles. The Labute approximate surface area is 128 Å². The minimum Gasteiger partial charge on any atom is -0.493 e. The van der Waals surface area contributed by atoms with E-state index in [0.717, 1.165) is 44.3 Å². The molecule has 1 aromatic carbocycles. The van der Waals surface area contributed by atoms with Crippen molar-refractivity contribution in [2.24, 2.45) is 5.92 Å². The Balaban J connectivity index is 1.70. The third-order valence-corrected chi connectivity index (χ3v) is 5.04. The monoisotopic (exact) mass is 343 g/mol. The molecule has 2 aliphatic rings. The zero-order valence-electron chi connectivity index (χ0n) is 11.0. The van der Waals surface area contributed by atoms with Gasteiger partial charge in [0.05, 0.1) is 6.61 Å². The van der Waals surface area contributed by atoms with Crippen LogP contribution in [0.1, 0.15) is 24.0 Å². The highest BCUT2D eigenvalue weighted by molar-refractivity contribution is 9.10. The number of likely N-dealkylation sites (tertiary alicyclic amines) is 1. The third-order valence-electron chi connectivity index (χ3n) is 4.14. The van der Waals surface area contributed by atoms with Crippen LogP contribution >= 0.6 is 27.5 Å². The Morgan fingerprint density at radius 1 is 1.32 bits per heavy atom. The Morgan fingerprint density at radius 3 is 2.84 bits per heavy atom. The van der Waals surface area contributed by atoms with E-state index in [1.54, 1.807) is 0 Å². The fourth-order valence-electron chi connectivity index (χ4n) is 3.00. The Bertz CT molecular complexity index is 458. The van der Waals surface area contributed by atoms with Gasteiger partial charge in [0.2, 0.25) is 0 Å². The maximum absolute atomic E-state index is 5.94. The van der Waals surface area contributed by atoms with Crippen LogP contribution in [0.15, 0.2) is 16.6 Å². The highest BCUT2D eigenvalue weighted by Gasteiger charge is 2.22. The van der Waals surface area contributed by atoms with Crippen LogP contribution in [0, 0.1) is 5.92 Å². The molecular formula is C15H19BrClNO. The standard InChI is InChI=1S/C15H19BrClNO/c16-14-7-12-3-6-19-15(12)13(8-14)10-18-4-1-11(9-17)2-5-18/h7-8,11H,1-6,9-10H2. The van der Waals surface area contributed by atoms with Crippen molar-refractivity contribution in [2.75, 3.05) is 25.6 Å². The van der Waals surface area contributed by atoms with Gasteiger partial charge in [-0.25, -0.2) is 0 Å². The zero-order chi connectivity index (χ0) is 13.2. The van der Waals surface area contributed by atoms with Gasteiger partial charge in [-0.15, -0.1) is 11.6 Å². The smallest absolute Gasteiger partial charge is 0.127 e. The number of nitrogens with zero attached hydrogens (tertiary/aromatic N) is 1. The molecule has 0 atom stereocenters. The molecule has 0 N–H and O–H groups in total. The van der Waals surface area contributed by atoms with E-state index in [0.29, 0.717) is 5.92 Å². The van der Waals surface area contributed by atoms with Gasteiger partial charge in [0.15, 0.2) is 0 Å². The molecule has 4 heteroatoms. The fourth-order valence-corrected chi connectivity index (χ4v) is 3.86. The average Bonchev–Trinajstić information content (AvgIpc) is 2.88. The number of hydrogen-bond donors (Lipinski definition) is 0. The van der Waals surface area contributed by atoms with E-state index in [1.165, 1.54) is 28.4 Å². The Hall–Kier alpha value is -0.250. The van der Waals surface area contributed by atoms with Gasteiger partial charge in [-0.2, -0.15) is 0 Å². The van der Waals surface area contributed by atoms with E-state index in [2.05, 4.69) is 33.0 Å². The number of alkyl halides is 1. The van der Waals surface area contributed by atoms with Crippen LogP contribution in [0.2, 0.25) is 0 Å². The van der Waals surface area contributed by atoms with E-state index < -0.39 is 0 Å². The molecule has 2 heterocycles. The van der Waals surface area contributed by atoms with Crippen molar-refractivity contribution in [3.05, 3.63) is 27.7 Å². The van der Waals surface area contributed by atoms with Gasteiger partial charge in [0.1, 0.15) is 5.75 Å². The summed E-state index contributed by atoms with van der Waals surface area (Å²) in [5.74, 6) is 2.65. The van der Waals surface area contributed by atoms with Gasteiger partial charge < -0.3 is 4.74 Å². The zero-order valence-corrected chi connectivity index (χ0v) is 13.3. The molecular weight excluding hydrogens is 326 g/mol. The van der Waals surface area contributed by atoms with E-state index in [4.69, 9.17) is 16.3 Å². The van der Waals surface area contributed by atoms with Crippen LogP contribution in [0.4, 0.5) is 0 Å². The summed E-state index contributed by atoms with van der Waals surface area (Å²) >= 11 is 9.55. The summed E-state index contributed by atoms with van der Waals surface area (Å²) in [4.78, 5) is 2.52. The molecule has 2 nitrogen and oxygen atoms in total. The average molecular weight is 345 g/mol. The summed E-state index contributed by atoms with van der Waals surface area (Å²) in [6, 6.07) is 4.39. The van der Waals surface area contributed by atoms with E-state index in [9.17, 15) is 0 Å². The molecule has 0 amide bonds. The van der Waals surface area contributed by atoms with Crippen LogP contribution in [-0.2, 0) is 13.0 Å². The predicted molar refractivity (Wildman–Crippen MR) is 82.1 cm³/mol. The lowest BCUT2D eigenvalue weighted by atomic mass is 9.98. The SMILES string of the molecule is ClCC1CCN(Cc2cc(Br)cc3c2OCC3)CC1. The molecule has 0 bridgehead atoms. The topological polar surface area (TPSA) is 12.5 Å². The Morgan fingerprint density at radius 2 is 2.11 bits per heavy atom. The molecule has 1 aromatic rings. The second-order valence-corrected chi connectivity index (χ2v) is 6.75. The molecule has 0 saturated carbocycles. The summed E-state index contributed by atoms with van der Waals surface area (Å²) in [7, 11) is 0. The minimum atomic E-state index is 0.711. The van der Waals surface area contributed by atoms with Crippen molar-refractivity contribution < 1.29 is 4.74 Å². The third kappa shape index (κ3) is 3.09. The molecule has 1 saturated heterocycles. The molecule has 0 spiro atoms. The van der Waals surface area contributed by atoms with E-state index in [1.807, 2.05) is 0 Å². The lowest BCUT2D eigenvalue weighted by molar-refractivity contribution is 0.184. The molecule has 0 unspecified atom stereocenters. The fraction of sp³-hybridized carbons (Fsp3) is 0.600. The largest absolute Gasteiger partial charge is 0.493 e. The maximum Gasteiger partial charge on any atom is 0.127 e. The molecule has 0 radical (unpaired) electrons. The van der Waals surface area contributed by atoms with Crippen molar-refractivity contribution in [2.45, 2.75) is 25.8 Å². The molecule has 0 aromatic heterocycles. The molecule has 104 valence electrons. The highest BCUT2D eigenvalue weighted by atomic mass is 79.9. The first-order valence-corrected chi connectivity index (χ1v) is 8.31. The summed E-state index contributed by atoms with van der Waals surface area (Å²) in [6.45, 7) is 4.13. The first-order valence-electron chi connectivity index (χ1n) is 6.98. The number of fused-ring (bicyclic) bond motifs is 1. The summed E-state index contributed by atoms with van der Waals surface area (Å²) in [6.07, 6.45) is 3.48. The van der Waals surface area contributed by atoms with Crippen LogP contribution in [-0.4, -0.2) is 30.5 Å². The van der Waals surface area contributed by atoms with Gasteiger partial charge >= 0.3 is 0 Å². The molecule has 1 fully saturated rings. The van der Waals surface area contributed by atoms with E-state index >= 15 is 0 Å². The van der Waals surface area contributed by atoms with Crippen LogP contribution < -0.4 is 4.74 Å². The van der Waals surface area contributed by atoms with Crippen LogP contribution in [0.25, 0.3) is 0 Å². The summed E-state index contributed by atoms with van der Waals surface area (Å²) < 4.78 is 6.97. The van der Waals surface area contributed by atoms with Gasteiger partial charge in [0, 0.05) is 28.9 Å². The normalized spacial score (nSPS) is 20.3. The highest BCUT2D eigenvalue weighted by Crippen LogP contribution is 2.34. The quantitative estimate of drug-likeness (QED) is 0.773. The second-order valence-electron chi connectivity index (χ2n) is 5.53. The van der Waals surface area contributed by atoms with Gasteiger partial charge in [-0.3, -0.25) is 4.90 Å². The minimum absolute atomic E-state index is 0.711. The molecule has 19 heavy (non-hydrogen) atoms. The number of halogens is 2. The molecule has 2 aliphatic heterocycles. The van der Waals surface area contributed by atoms with Gasteiger partial charge in [0.25, 0.3) is 0 Å². The van der Waals surface area contributed by atoms with Crippen molar-refractivity contribution in [3.8, 4) is 5.75 Å². The van der Waals surface area contributed by atoms with Crippen LogP contribution in [0.5, 0.6) is 5.75 Å². The summed E-state index contributed by atoms with van der Waals surface area (Å²) in [5.41, 5.74) is 2.67. The van der Waals surface area contributed by atoms with Crippen molar-refractivity contribution in [1.29, 1.82) is 0 Å². The number of piperidine rings is 1. The second kappa shape index (κ2) is 6.02. The number of ether oxygens (including phenoxy) is 1. The van der Waals surface area contributed by atoms with Crippen LogP contribution in [0.3, 0.4) is 0 Å². The maximum atomic E-state index is 5.94. The lowest BCUT2D eigenvalue weighted by Crippen LogP contribution is -2.33. The van der Waals surface area contributed by atoms with E-state index in [-0.39, 0.29) is 0 Å². The van der Waals surface area contributed by atoms with Crippen molar-refractivity contribution in [1.82, 2.24) is 4.90 Å². The van der Waals surface area contributed by atoms with Crippen molar-refractivity contribution >= 4 is 27.5 Å². The first kappa shape index (κ1) is 13.7. The van der Waals surface area contributed by atoms with Gasteiger partial charge in [-0.05, 0) is 49.5 Å². The number of hydrogen-bond acceptors (Lipinski definition) is 2. The number of benzene rings is 1. The summed E-state index contributed by atoms with van der Waals surface area (Å²) in [5, 5.41) is 0. The van der Waals surface area contributed by atoms with Crippen molar-refractivity contribution in [3.63, 3.8) is 0 Å². The van der Waals surface area contributed by atoms with Gasteiger partial charge in [-0.1, -0.05) is 15.9 Å². The lowest BCUT2D eigenvalue weighted by Gasteiger charge is -2.31. The first-order chi connectivity index (χ1) is 9.26.